The maximum absolute atomic E-state index is 8.83. The fourth-order valence-electron chi connectivity index (χ4n) is 0.862. The van der Waals surface area contributed by atoms with E-state index in [0.29, 0.717) is 10.7 Å². The monoisotopic (exact) mass is 426 g/mol. The fourth-order valence-corrected chi connectivity index (χ4v) is 5.87. The van der Waals surface area contributed by atoms with E-state index >= 15 is 0 Å². The van der Waals surface area contributed by atoms with Crippen molar-refractivity contribution in [3.8, 4) is 0 Å². The van der Waals surface area contributed by atoms with E-state index in [1.165, 1.54) is 0 Å². The zero-order valence-corrected chi connectivity index (χ0v) is 14.8. The van der Waals surface area contributed by atoms with Gasteiger partial charge in [-0.05, 0) is 0 Å². The largest absolute Gasteiger partial charge is 0.396 e. The highest BCUT2D eigenvalue weighted by Gasteiger charge is 2.33. The number of alkyl halides is 2. The quantitative estimate of drug-likeness (QED) is 0.375. The molecule has 0 aliphatic carbocycles. The van der Waals surface area contributed by atoms with Crippen LogP contribution in [0.1, 0.15) is 0 Å². The molecule has 0 atom stereocenters. The number of halogens is 2. The predicted octanol–water partition coefficient (Wildman–Crippen LogP) is 1.10. The Kier molecular flexibility index (Phi) is 11.1. The van der Waals surface area contributed by atoms with Crippen LogP contribution in [0.4, 0.5) is 0 Å². The van der Waals surface area contributed by atoms with Crippen molar-refractivity contribution in [2.24, 2.45) is 10.8 Å². The Morgan fingerprint density at radius 3 is 1.39 bits per heavy atom. The molecule has 0 aromatic rings. The fraction of sp³-hybridized carbons (Fsp3) is 1.00. The molecule has 4 N–H and O–H groups in total. The van der Waals surface area contributed by atoms with Gasteiger partial charge in [-0.3, -0.25) is 0 Å². The van der Waals surface area contributed by atoms with E-state index < -0.39 is 0 Å². The Labute approximate surface area is 133 Å². The SMILES string of the molecule is OCC(CO)(CBr)CBr.OCC1(CO)CSSC1. The van der Waals surface area contributed by atoms with E-state index in [4.69, 9.17) is 20.4 Å². The van der Waals surface area contributed by atoms with Gasteiger partial charge in [0.15, 0.2) is 0 Å². The van der Waals surface area contributed by atoms with Crippen LogP contribution in [0.3, 0.4) is 0 Å². The molecule has 1 fully saturated rings. The van der Waals surface area contributed by atoms with Gasteiger partial charge in [-0.1, -0.05) is 53.4 Å². The van der Waals surface area contributed by atoms with Crippen molar-refractivity contribution >= 4 is 53.4 Å². The van der Waals surface area contributed by atoms with E-state index in [1.54, 1.807) is 21.6 Å². The van der Waals surface area contributed by atoms with Crippen LogP contribution in [0, 0.1) is 10.8 Å². The molecule has 110 valence electrons. The standard InChI is InChI=1S/C5H10Br2O2.C5H10O2S2/c6-1-5(2-7,3-8)4-9;6-1-5(2-7)3-8-9-4-5/h8-9H,1-4H2;6-7H,1-4H2. The van der Waals surface area contributed by atoms with Gasteiger partial charge in [0.25, 0.3) is 0 Å². The lowest BCUT2D eigenvalue weighted by Crippen LogP contribution is -2.33. The number of rotatable bonds is 6. The molecule has 0 bridgehead atoms. The second kappa shape index (κ2) is 10.3. The van der Waals surface area contributed by atoms with Gasteiger partial charge < -0.3 is 20.4 Å². The first-order valence-corrected chi connectivity index (χ1v) is 10.1. The summed E-state index contributed by atoms with van der Waals surface area (Å²) in [5.41, 5.74) is -0.574. The van der Waals surface area contributed by atoms with Gasteiger partial charge in [-0.15, -0.1) is 0 Å². The number of hydrogen-bond donors (Lipinski definition) is 4. The lowest BCUT2D eigenvalue weighted by Gasteiger charge is -2.23. The van der Waals surface area contributed by atoms with Crippen LogP contribution in [0.2, 0.25) is 0 Å². The third-order valence-electron chi connectivity index (χ3n) is 2.72. The van der Waals surface area contributed by atoms with Crippen molar-refractivity contribution in [1.82, 2.24) is 0 Å². The minimum atomic E-state index is -0.389. The molecule has 1 aliphatic heterocycles. The summed E-state index contributed by atoms with van der Waals surface area (Å²) < 4.78 is 0. The summed E-state index contributed by atoms with van der Waals surface area (Å²) in [5.74, 6) is 1.76. The number of aliphatic hydroxyl groups excluding tert-OH is 4. The van der Waals surface area contributed by atoms with E-state index in [0.717, 1.165) is 11.5 Å². The first-order valence-electron chi connectivity index (χ1n) is 5.37. The molecule has 0 aromatic heterocycles. The van der Waals surface area contributed by atoms with Crippen molar-refractivity contribution in [2.75, 3.05) is 48.6 Å². The van der Waals surface area contributed by atoms with Crippen LogP contribution < -0.4 is 0 Å². The first-order chi connectivity index (χ1) is 8.57. The number of hydrogen-bond acceptors (Lipinski definition) is 6. The van der Waals surface area contributed by atoms with Crippen LogP contribution >= 0.6 is 53.4 Å². The minimum absolute atomic E-state index is 0. The van der Waals surface area contributed by atoms with Gasteiger partial charge in [0, 0.05) is 33.0 Å². The molecular weight excluding hydrogens is 408 g/mol. The van der Waals surface area contributed by atoms with Crippen molar-refractivity contribution in [3.05, 3.63) is 0 Å². The van der Waals surface area contributed by atoms with E-state index in [9.17, 15) is 0 Å². The van der Waals surface area contributed by atoms with Crippen molar-refractivity contribution in [3.63, 3.8) is 0 Å². The molecule has 0 spiro atoms. The molecule has 0 saturated carbocycles. The highest BCUT2D eigenvalue weighted by atomic mass is 79.9. The maximum atomic E-state index is 8.83. The Hall–Kier alpha value is 1.50. The molecule has 4 nitrogen and oxygen atoms in total. The maximum Gasteiger partial charge on any atom is 0.0526 e. The first kappa shape index (κ1) is 19.5. The van der Waals surface area contributed by atoms with Gasteiger partial charge >= 0.3 is 0 Å². The molecule has 1 heterocycles. The summed E-state index contributed by atoms with van der Waals surface area (Å²) in [4.78, 5) is 0. The smallest absolute Gasteiger partial charge is 0.0526 e. The van der Waals surface area contributed by atoms with Gasteiger partial charge in [0.05, 0.1) is 26.4 Å². The second-order valence-corrected chi connectivity index (χ2v) is 8.01. The summed E-state index contributed by atoms with van der Waals surface area (Å²) in [7, 11) is 3.45. The molecule has 1 aliphatic rings. The van der Waals surface area contributed by atoms with E-state index in [-0.39, 0.29) is 37.3 Å². The molecule has 0 amide bonds. The lowest BCUT2D eigenvalue weighted by molar-refractivity contribution is 0.0948. The molecule has 0 radical (unpaired) electrons. The van der Waals surface area contributed by atoms with Crippen molar-refractivity contribution < 1.29 is 20.4 Å². The second-order valence-electron chi connectivity index (χ2n) is 4.42. The van der Waals surface area contributed by atoms with Gasteiger partial charge in [0.1, 0.15) is 0 Å². The van der Waals surface area contributed by atoms with Crippen LogP contribution in [-0.4, -0.2) is 69.0 Å². The van der Waals surface area contributed by atoms with Crippen molar-refractivity contribution in [1.29, 1.82) is 0 Å². The minimum Gasteiger partial charge on any atom is -0.396 e. The van der Waals surface area contributed by atoms with Crippen LogP contribution in [0.25, 0.3) is 0 Å². The topological polar surface area (TPSA) is 80.9 Å². The Balaban J connectivity index is 0.000000321. The van der Waals surface area contributed by atoms with Gasteiger partial charge in [0.2, 0.25) is 0 Å². The molecule has 8 heteroatoms. The zero-order valence-electron chi connectivity index (χ0n) is 10.0. The molecular formula is C10H20Br2O4S2. The average molecular weight is 428 g/mol. The molecule has 0 aromatic carbocycles. The highest BCUT2D eigenvalue weighted by molar-refractivity contribution is 9.09. The van der Waals surface area contributed by atoms with Gasteiger partial charge in [-0.2, -0.15) is 0 Å². The summed E-state index contributed by atoms with van der Waals surface area (Å²) in [6.07, 6.45) is 0. The average Bonchev–Trinajstić information content (AvgIpc) is 2.92. The van der Waals surface area contributed by atoms with Crippen LogP contribution in [0.5, 0.6) is 0 Å². The molecule has 0 unspecified atom stereocenters. The summed E-state index contributed by atoms with van der Waals surface area (Å²) in [6.45, 7) is 0.229. The highest BCUT2D eigenvalue weighted by Crippen LogP contribution is 2.42. The predicted molar refractivity (Wildman–Crippen MR) is 85.7 cm³/mol. The van der Waals surface area contributed by atoms with Gasteiger partial charge in [-0.25, -0.2) is 0 Å². The Morgan fingerprint density at radius 1 is 0.889 bits per heavy atom. The summed E-state index contributed by atoms with van der Waals surface area (Å²) in [6, 6.07) is 0. The summed E-state index contributed by atoms with van der Waals surface area (Å²) >= 11 is 6.41. The third-order valence-corrected chi connectivity index (χ3v) is 7.94. The van der Waals surface area contributed by atoms with Crippen LogP contribution in [0.15, 0.2) is 0 Å². The number of aliphatic hydroxyl groups is 4. The Bertz CT molecular complexity index is 179. The third kappa shape index (κ3) is 5.87. The van der Waals surface area contributed by atoms with E-state index in [1.807, 2.05) is 0 Å². The van der Waals surface area contributed by atoms with E-state index in [2.05, 4.69) is 31.9 Å². The van der Waals surface area contributed by atoms with Crippen molar-refractivity contribution in [2.45, 2.75) is 0 Å². The summed E-state index contributed by atoms with van der Waals surface area (Å²) in [5, 5.41) is 36.4. The molecule has 1 saturated heterocycles. The molecule has 1 rings (SSSR count). The lowest BCUT2D eigenvalue weighted by atomic mass is 9.96. The van der Waals surface area contributed by atoms with Crippen LogP contribution in [-0.2, 0) is 0 Å². The zero-order chi connectivity index (χ0) is 14.1. The molecule has 18 heavy (non-hydrogen) atoms. The normalized spacial score (nSPS) is 18.3. The Morgan fingerprint density at radius 2 is 1.28 bits per heavy atom.